The average Bonchev–Trinajstić information content (AvgIpc) is 2.45. The Balaban J connectivity index is 2.61. The van der Waals surface area contributed by atoms with E-state index in [1.54, 1.807) is 6.07 Å². The van der Waals surface area contributed by atoms with E-state index in [-0.39, 0.29) is 5.91 Å². The number of carbonyl (C=O) groups is 1. The second-order valence-electron chi connectivity index (χ2n) is 2.40. The number of rotatable bonds is 3. The molecule has 0 aromatic carbocycles. The molecule has 1 rings (SSSR count). The van der Waals surface area contributed by atoms with Crippen molar-refractivity contribution in [2.75, 3.05) is 6.54 Å². The van der Waals surface area contributed by atoms with Crippen LogP contribution in [0.5, 0.6) is 0 Å². The Morgan fingerprint density at radius 3 is 2.86 bits per heavy atom. The van der Waals surface area contributed by atoms with E-state index in [9.17, 15) is 4.79 Å². The number of hydrogen-bond donors (Lipinski definition) is 1. The molecule has 0 aliphatic carbocycles. The van der Waals surface area contributed by atoms with Gasteiger partial charge in [0.2, 0.25) is 0 Å². The van der Waals surface area contributed by atoms with Crippen molar-refractivity contribution in [3.63, 3.8) is 0 Å². The number of nitriles is 1. The summed E-state index contributed by atoms with van der Waals surface area (Å²) in [5, 5.41) is 10.9. The predicted octanol–water partition coefficient (Wildman–Crippen LogP) is 2.92. The molecule has 0 saturated carbocycles. The topological polar surface area (TPSA) is 52.9 Å². The molecule has 1 heterocycles. The number of thiophene rings is 1. The molecule has 1 aromatic rings. The van der Waals surface area contributed by atoms with E-state index in [0.717, 1.165) is 7.57 Å². The summed E-state index contributed by atoms with van der Waals surface area (Å²) in [7, 11) is 0. The van der Waals surface area contributed by atoms with Crippen LogP contribution < -0.4 is 5.32 Å². The normalized spacial score (nSPS) is 9.50. The Labute approximate surface area is 102 Å². The highest BCUT2D eigenvalue weighted by molar-refractivity contribution is 9.12. The number of halogens is 2. The fraction of sp³-hybridized carbons (Fsp3) is 0.250. The molecular weight excluding hydrogens is 332 g/mol. The van der Waals surface area contributed by atoms with Crippen molar-refractivity contribution in [3.8, 4) is 6.07 Å². The summed E-state index contributed by atoms with van der Waals surface area (Å²) in [4.78, 5) is 11.5. The van der Waals surface area contributed by atoms with Gasteiger partial charge < -0.3 is 5.32 Å². The number of carbonyl (C=O) groups excluding carboxylic acids is 1. The van der Waals surface area contributed by atoms with Gasteiger partial charge in [-0.05, 0) is 37.9 Å². The smallest absolute Gasteiger partial charge is 0.253 e. The van der Waals surface area contributed by atoms with E-state index in [4.69, 9.17) is 5.26 Å². The first-order valence-electron chi connectivity index (χ1n) is 3.75. The molecule has 0 radical (unpaired) electrons. The number of amides is 1. The lowest BCUT2D eigenvalue weighted by molar-refractivity contribution is 0.0954. The van der Waals surface area contributed by atoms with E-state index in [0.29, 0.717) is 18.5 Å². The van der Waals surface area contributed by atoms with Gasteiger partial charge in [-0.15, -0.1) is 11.3 Å². The van der Waals surface area contributed by atoms with Crippen LogP contribution in [0.1, 0.15) is 16.8 Å². The van der Waals surface area contributed by atoms with Crippen LogP contribution in [0, 0.1) is 11.3 Å². The Bertz CT molecular complexity index is 383. The van der Waals surface area contributed by atoms with Crippen LogP contribution in [0.3, 0.4) is 0 Å². The van der Waals surface area contributed by atoms with E-state index in [2.05, 4.69) is 37.2 Å². The van der Waals surface area contributed by atoms with Gasteiger partial charge in [0.05, 0.1) is 25.6 Å². The SMILES string of the molecule is N#CCCNC(=O)c1cc(Br)sc1Br. The quantitative estimate of drug-likeness (QED) is 0.862. The van der Waals surface area contributed by atoms with Crippen molar-refractivity contribution in [2.45, 2.75) is 6.42 Å². The molecule has 0 unspecified atom stereocenters. The van der Waals surface area contributed by atoms with Crippen LogP contribution in [0.2, 0.25) is 0 Å². The summed E-state index contributed by atoms with van der Waals surface area (Å²) in [5.41, 5.74) is 0.597. The monoisotopic (exact) mass is 336 g/mol. The van der Waals surface area contributed by atoms with Crippen molar-refractivity contribution in [1.29, 1.82) is 5.26 Å². The molecule has 0 fully saturated rings. The molecule has 1 N–H and O–H groups in total. The lowest BCUT2D eigenvalue weighted by atomic mass is 10.3. The van der Waals surface area contributed by atoms with E-state index >= 15 is 0 Å². The zero-order chi connectivity index (χ0) is 10.6. The number of hydrogen-bond acceptors (Lipinski definition) is 3. The number of nitrogens with one attached hydrogen (secondary N) is 1. The van der Waals surface area contributed by atoms with Gasteiger partial charge in [0.25, 0.3) is 5.91 Å². The maximum absolute atomic E-state index is 11.5. The van der Waals surface area contributed by atoms with E-state index < -0.39 is 0 Å². The molecular formula is C8H6Br2N2OS. The molecule has 3 nitrogen and oxygen atoms in total. The third-order valence-corrected chi connectivity index (χ3v) is 3.76. The molecule has 74 valence electrons. The lowest BCUT2D eigenvalue weighted by Gasteiger charge is -1.99. The third-order valence-electron chi connectivity index (χ3n) is 1.42. The summed E-state index contributed by atoms with van der Waals surface area (Å²) < 4.78 is 1.69. The fourth-order valence-electron chi connectivity index (χ4n) is 0.822. The van der Waals surface area contributed by atoms with Gasteiger partial charge in [-0.25, -0.2) is 0 Å². The Morgan fingerprint density at radius 2 is 2.36 bits per heavy atom. The Morgan fingerprint density at radius 1 is 1.64 bits per heavy atom. The van der Waals surface area contributed by atoms with Crippen molar-refractivity contribution >= 4 is 49.1 Å². The van der Waals surface area contributed by atoms with Crippen LogP contribution >= 0.6 is 43.2 Å². The van der Waals surface area contributed by atoms with Crippen LogP contribution in [-0.4, -0.2) is 12.5 Å². The zero-order valence-electron chi connectivity index (χ0n) is 7.01. The molecule has 0 aliphatic heterocycles. The molecule has 0 aliphatic rings. The summed E-state index contributed by atoms with van der Waals surface area (Å²) in [5.74, 6) is -0.158. The largest absolute Gasteiger partial charge is 0.351 e. The Hall–Kier alpha value is -0.380. The minimum Gasteiger partial charge on any atom is -0.351 e. The first-order valence-corrected chi connectivity index (χ1v) is 6.15. The molecule has 1 aromatic heterocycles. The molecule has 1 amide bonds. The average molecular weight is 338 g/mol. The lowest BCUT2D eigenvalue weighted by Crippen LogP contribution is -2.23. The highest BCUT2D eigenvalue weighted by Gasteiger charge is 2.12. The second kappa shape index (κ2) is 5.49. The maximum Gasteiger partial charge on any atom is 0.253 e. The number of nitrogens with zero attached hydrogens (tertiary/aromatic N) is 1. The van der Waals surface area contributed by atoms with Gasteiger partial charge >= 0.3 is 0 Å². The van der Waals surface area contributed by atoms with Crippen molar-refractivity contribution < 1.29 is 4.79 Å². The van der Waals surface area contributed by atoms with Gasteiger partial charge in [-0.3, -0.25) is 4.79 Å². The summed E-state index contributed by atoms with van der Waals surface area (Å²) in [6.07, 6.45) is 0.328. The van der Waals surface area contributed by atoms with Crippen LogP contribution in [0.4, 0.5) is 0 Å². The van der Waals surface area contributed by atoms with Gasteiger partial charge in [0.1, 0.15) is 0 Å². The van der Waals surface area contributed by atoms with E-state index in [1.165, 1.54) is 11.3 Å². The summed E-state index contributed by atoms with van der Waals surface area (Å²) in [6.45, 7) is 0.384. The standard InChI is InChI=1S/C8H6Br2N2OS/c9-6-4-5(7(10)14-6)8(13)12-3-1-2-11/h4H,1,3H2,(H,12,13). The molecule has 6 heteroatoms. The molecule has 0 saturated heterocycles. The zero-order valence-corrected chi connectivity index (χ0v) is 11.0. The van der Waals surface area contributed by atoms with Crippen molar-refractivity contribution in [3.05, 3.63) is 19.2 Å². The Kier molecular flexibility index (Phi) is 4.58. The fourth-order valence-corrected chi connectivity index (χ4v) is 3.62. The predicted molar refractivity (Wildman–Crippen MR) is 62.3 cm³/mol. The second-order valence-corrected chi connectivity index (χ2v) is 6.15. The maximum atomic E-state index is 11.5. The highest BCUT2D eigenvalue weighted by Crippen LogP contribution is 2.31. The molecule has 0 bridgehead atoms. The van der Waals surface area contributed by atoms with Crippen LogP contribution in [0.15, 0.2) is 13.6 Å². The van der Waals surface area contributed by atoms with Gasteiger partial charge in [0, 0.05) is 6.54 Å². The molecule has 0 atom stereocenters. The minimum absolute atomic E-state index is 0.158. The summed E-state index contributed by atoms with van der Waals surface area (Å²) in [6, 6.07) is 3.71. The molecule has 0 spiro atoms. The van der Waals surface area contributed by atoms with Crippen LogP contribution in [0.25, 0.3) is 0 Å². The minimum atomic E-state index is -0.158. The summed E-state index contributed by atoms with van der Waals surface area (Å²) >= 11 is 8.02. The van der Waals surface area contributed by atoms with Crippen molar-refractivity contribution in [1.82, 2.24) is 5.32 Å². The van der Waals surface area contributed by atoms with Crippen LogP contribution in [-0.2, 0) is 0 Å². The van der Waals surface area contributed by atoms with E-state index in [1.807, 2.05) is 6.07 Å². The van der Waals surface area contributed by atoms with Crippen molar-refractivity contribution in [2.24, 2.45) is 0 Å². The highest BCUT2D eigenvalue weighted by atomic mass is 79.9. The third kappa shape index (κ3) is 3.08. The molecule has 14 heavy (non-hydrogen) atoms. The first kappa shape index (κ1) is 11.7. The van der Waals surface area contributed by atoms with Gasteiger partial charge in [-0.1, -0.05) is 0 Å². The van der Waals surface area contributed by atoms with Gasteiger partial charge in [0.15, 0.2) is 0 Å². The van der Waals surface area contributed by atoms with Gasteiger partial charge in [-0.2, -0.15) is 5.26 Å². The first-order chi connectivity index (χ1) is 6.65.